The van der Waals surface area contributed by atoms with Crippen LogP contribution >= 0.6 is 0 Å². The Labute approximate surface area is 120 Å². The molecule has 1 aromatic carbocycles. The summed E-state index contributed by atoms with van der Waals surface area (Å²) in [4.78, 5) is 12.3. The Balaban J connectivity index is 2.09. The van der Waals surface area contributed by atoms with Gasteiger partial charge in [-0.1, -0.05) is 37.2 Å². The summed E-state index contributed by atoms with van der Waals surface area (Å²) < 4.78 is 0. The van der Waals surface area contributed by atoms with Gasteiger partial charge in [-0.15, -0.1) is 0 Å². The number of hydrogen-bond donors (Lipinski definition) is 2. The van der Waals surface area contributed by atoms with Crippen LogP contribution < -0.4 is 11.1 Å². The van der Waals surface area contributed by atoms with Gasteiger partial charge in [0.2, 0.25) is 5.91 Å². The van der Waals surface area contributed by atoms with Crippen LogP contribution in [0.1, 0.15) is 43.2 Å². The lowest BCUT2D eigenvalue weighted by Crippen LogP contribution is -2.25. The zero-order valence-corrected chi connectivity index (χ0v) is 12.0. The molecule has 0 atom stereocenters. The highest BCUT2D eigenvalue weighted by Crippen LogP contribution is 2.26. The van der Waals surface area contributed by atoms with Gasteiger partial charge in [-0.25, -0.2) is 0 Å². The largest absolute Gasteiger partial charge is 0.326 e. The number of aryl methyl sites for hydroxylation is 1. The van der Waals surface area contributed by atoms with E-state index in [-0.39, 0.29) is 11.8 Å². The van der Waals surface area contributed by atoms with Crippen LogP contribution in [0.2, 0.25) is 0 Å². The second kappa shape index (κ2) is 7.12. The van der Waals surface area contributed by atoms with Crippen LogP contribution in [0.3, 0.4) is 0 Å². The van der Waals surface area contributed by atoms with Gasteiger partial charge in [0.1, 0.15) is 0 Å². The number of carbonyl (C=O) groups excluding carboxylic acids is 1. The normalized spacial score (nSPS) is 15.3. The van der Waals surface area contributed by atoms with Crippen LogP contribution in [0.15, 0.2) is 18.2 Å². The van der Waals surface area contributed by atoms with Crippen LogP contribution in [0.4, 0.5) is 5.69 Å². The van der Waals surface area contributed by atoms with Crippen molar-refractivity contribution in [2.24, 2.45) is 11.7 Å². The molecule has 3 N–H and O–H groups in total. The monoisotopic (exact) mass is 270 g/mol. The smallest absolute Gasteiger partial charge is 0.227 e. The van der Waals surface area contributed by atoms with Crippen molar-refractivity contribution < 1.29 is 4.79 Å². The molecule has 3 heteroatoms. The maximum atomic E-state index is 12.3. The average Bonchev–Trinajstić information content (AvgIpc) is 2.49. The number of rotatable bonds is 2. The van der Waals surface area contributed by atoms with Gasteiger partial charge >= 0.3 is 0 Å². The van der Waals surface area contributed by atoms with Crippen molar-refractivity contribution in [3.8, 4) is 11.8 Å². The Morgan fingerprint density at radius 1 is 1.35 bits per heavy atom. The van der Waals surface area contributed by atoms with Crippen molar-refractivity contribution in [1.82, 2.24) is 0 Å². The maximum absolute atomic E-state index is 12.3. The number of carbonyl (C=O) groups is 1. The lowest BCUT2D eigenvalue weighted by Gasteiger charge is -2.21. The van der Waals surface area contributed by atoms with Gasteiger partial charge < -0.3 is 11.1 Å². The van der Waals surface area contributed by atoms with E-state index in [1.54, 1.807) is 0 Å². The number of nitrogens with one attached hydrogen (secondary N) is 1. The third-order valence-electron chi connectivity index (χ3n) is 3.81. The molecule has 3 nitrogen and oxygen atoms in total. The van der Waals surface area contributed by atoms with E-state index in [2.05, 4.69) is 17.2 Å². The van der Waals surface area contributed by atoms with Crippen molar-refractivity contribution in [3.05, 3.63) is 29.3 Å². The molecule has 0 spiro atoms. The molecule has 0 aliphatic heterocycles. The highest BCUT2D eigenvalue weighted by molar-refractivity contribution is 5.93. The highest BCUT2D eigenvalue weighted by Gasteiger charge is 2.21. The first-order valence-corrected chi connectivity index (χ1v) is 7.31. The Bertz CT molecular complexity index is 534. The van der Waals surface area contributed by atoms with E-state index >= 15 is 0 Å². The number of hydrogen-bond acceptors (Lipinski definition) is 2. The van der Waals surface area contributed by atoms with Crippen molar-refractivity contribution in [2.45, 2.75) is 39.0 Å². The zero-order chi connectivity index (χ0) is 14.4. The van der Waals surface area contributed by atoms with Gasteiger partial charge in [-0.2, -0.15) is 0 Å². The molecule has 1 aliphatic carbocycles. The van der Waals surface area contributed by atoms with Gasteiger partial charge in [0.15, 0.2) is 0 Å². The molecule has 0 saturated heterocycles. The zero-order valence-electron chi connectivity index (χ0n) is 12.0. The second-order valence-electron chi connectivity index (χ2n) is 5.36. The standard InChI is InChI=1S/C17H22N2O/c1-13-9-10-14(6-5-11-18)12-16(13)19-17(20)15-7-3-2-4-8-15/h9-10,12,15H,2-4,7-8,11,18H2,1H3,(H,19,20). The summed E-state index contributed by atoms with van der Waals surface area (Å²) in [5, 5.41) is 3.06. The Morgan fingerprint density at radius 3 is 2.80 bits per heavy atom. The first-order chi connectivity index (χ1) is 9.70. The summed E-state index contributed by atoms with van der Waals surface area (Å²) in [6, 6.07) is 5.87. The molecule has 0 unspecified atom stereocenters. The van der Waals surface area contributed by atoms with Gasteiger partial charge in [0, 0.05) is 17.2 Å². The molecular formula is C17H22N2O. The van der Waals surface area contributed by atoms with Gasteiger partial charge in [-0.3, -0.25) is 4.79 Å². The molecule has 1 aromatic rings. The summed E-state index contributed by atoms with van der Waals surface area (Å²) in [5.74, 6) is 6.15. The van der Waals surface area contributed by atoms with E-state index in [1.807, 2.05) is 25.1 Å². The maximum Gasteiger partial charge on any atom is 0.227 e. The Morgan fingerprint density at radius 2 is 2.10 bits per heavy atom. The molecule has 0 radical (unpaired) electrons. The summed E-state index contributed by atoms with van der Waals surface area (Å²) in [5.41, 5.74) is 8.20. The first kappa shape index (κ1) is 14.6. The van der Waals surface area contributed by atoms with Crippen LogP contribution in [-0.4, -0.2) is 12.5 Å². The fraction of sp³-hybridized carbons (Fsp3) is 0.471. The van der Waals surface area contributed by atoms with Crippen molar-refractivity contribution in [2.75, 3.05) is 11.9 Å². The average molecular weight is 270 g/mol. The molecule has 0 aromatic heterocycles. The third kappa shape index (κ3) is 3.85. The molecule has 1 saturated carbocycles. The second-order valence-corrected chi connectivity index (χ2v) is 5.36. The topological polar surface area (TPSA) is 55.1 Å². The predicted molar refractivity (Wildman–Crippen MR) is 82.3 cm³/mol. The van der Waals surface area contributed by atoms with E-state index in [4.69, 9.17) is 5.73 Å². The first-order valence-electron chi connectivity index (χ1n) is 7.31. The molecule has 0 bridgehead atoms. The summed E-state index contributed by atoms with van der Waals surface area (Å²) in [7, 11) is 0. The quantitative estimate of drug-likeness (QED) is 0.812. The lowest BCUT2D eigenvalue weighted by atomic mass is 9.88. The van der Waals surface area contributed by atoms with Crippen molar-refractivity contribution in [3.63, 3.8) is 0 Å². The van der Waals surface area contributed by atoms with Crippen LogP contribution in [0.25, 0.3) is 0 Å². The molecule has 106 valence electrons. The van der Waals surface area contributed by atoms with E-state index in [9.17, 15) is 4.79 Å². The Hall–Kier alpha value is -1.79. The minimum atomic E-state index is 0.150. The summed E-state index contributed by atoms with van der Waals surface area (Å²) in [6.07, 6.45) is 5.61. The van der Waals surface area contributed by atoms with E-state index < -0.39 is 0 Å². The van der Waals surface area contributed by atoms with Crippen LogP contribution in [-0.2, 0) is 4.79 Å². The minimum Gasteiger partial charge on any atom is -0.326 e. The molecule has 0 heterocycles. The number of anilines is 1. The Kier molecular flexibility index (Phi) is 5.20. The molecular weight excluding hydrogens is 248 g/mol. The van der Waals surface area contributed by atoms with Crippen molar-refractivity contribution in [1.29, 1.82) is 0 Å². The fourth-order valence-corrected chi connectivity index (χ4v) is 2.59. The minimum absolute atomic E-state index is 0.150. The molecule has 20 heavy (non-hydrogen) atoms. The molecule has 1 aliphatic rings. The van der Waals surface area contributed by atoms with E-state index in [0.29, 0.717) is 6.54 Å². The van der Waals surface area contributed by atoms with E-state index in [1.165, 1.54) is 19.3 Å². The number of benzene rings is 1. The van der Waals surface area contributed by atoms with E-state index in [0.717, 1.165) is 29.7 Å². The predicted octanol–water partition coefficient (Wildman–Crippen LogP) is 2.82. The summed E-state index contributed by atoms with van der Waals surface area (Å²) >= 11 is 0. The number of amides is 1. The van der Waals surface area contributed by atoms with Crippen molar-refractivity contribution >= 4 is 11.6 Å². The van der Waals surface area contributed by atoms with Crippen LogP contribution in [0, 0.1) is 24.7 Å². The molecule has 1 amide bonds. The van der Waals surface area contributed by atoms with Gasteiger partial charge in [0.05, 0.1) is 6.54 Å². The SMILES string of the molecule is Cc1ccc(C#CCN)cc1NC(=O)C1CCCCC1. The highest BCUT2D eigenvalue weighted by atomic mass is 16.1. The van der Waals surface area contributed by atoms with Crippen LogP contribution in [0.5, 0.6) is 0 Å². The number of nitrogens with two attached hydrogens (primary N) is 1. The third-order valence-corrected chi connectivity index (χ3v) is 3.81. The molecule has 2 rings (SSSR count). The van der Waals surface area contributed by atoms with Gasteiger partial charge in [0.25, 0.3) is 0 Å². The lowest BCUT2D eigenvalue weighted by molar-refractivity contribution is -0.120. The molecule has 1 fully saturated rings. The fourth-order valence-electron chi connectivity index (χ4n) is 2.59. The van der Waals surface area contributed by atoms with Gasteiger partial charge in [-0.05, 0) is 37.5 Å². The summed E-state index contributed by atoms with van der Waals surface area (Å²) in [6.45, 7) is 2.34.